The molecule has 0 saturated carbocycles. The molecule has 0 aliphatic carbocycles. The number of thioether (sulfide) groups is 1. The number of aryl methyl sites for hydroxylation is 1. The summed E-state index contributed by atoms with van der Waals surface area (Å²) >= 11 is 7.48. The van der Waals surface area contributed by atoms with Crippen LogP contribution in [0.1, 0.15) is 43.8 Å². The number of hydrogen-bond acceptors (Lipinski definition) is 5. The molecular weight excluding hydrogens is 436 g/mol. The van der Waals surface area contributed by atoms with Crippen LogP contribution in [0, 0.1) is 12.8 Å². The predicted molar refractivity (Wildman–Crippen MR) is 135 cm³/mol. The molecule has 1 atom stereocenters. The fourth-order valence-electron chi connectivity index (χ4n) is 3.84. The molecule has 1 aliphatic rings. The summed E-state index contributed by atoms with van der Waals surface area (Å²) in [7, 11) is 0. The molecular formula is C25H28N4OS2. The largest absolute Gasteiger partial charge is 0.351 e. The van der Waals surface area contributed by atoms with Crippen molar-refractivity contribution in [3.05, 3.63) is 71.2 Å². The minimum atomic E-state index is -0.159. The Balaban J connectivity index is 1.79. The van der Waals surface area contributed by atoms with Crippen molar-refractivity contribution in [2.24, 2.45) is 5.92 Å². The third-order valence-corrected chi connectivity index (χ3v) is 6.64. The molecule has 0 amide bonds. The van der Waals surface area contributed by atoms with Gasteiger partial charge in [0.05, 0.1) is 11.6 Å². The SMILES string of the molecule is CSc1ccc(C2NC(=S)N(CC(C)C)C(C)=C2c2nc(-c3ccc(C)cc3)no2)cc1. The number of nitrogens with zero attached hydrogens (tertiary/aromatic N) is 3. The molecule has 0 radical (unpaired) electrons. The normalized spacial score (nSPS) is 16.6. The Kier molecular flexibility index (Phi) is 6.67. The van der Waals surface area contributed by atoms with Crippen LogP contribution in [0.3, 0.4) is 0 Å². The number of thiocarbonyl (C=S) groups is 1. The third kappa shape index (κ3) is 4.59. The Morgan fingerprint density at radius 1 is 1.09 bits per heavy atom. The van der Waals surface area contributed by atoms with Gasteiger partial charge in [0.1, 0.15) is 0 Å². The molecule has 0 bridgehead atoms. The van der Waals surface area contributed by atoms with Crippen LogP contribution >= 0.6 is 24.0 Å². The lowest BCUT2D eigenvalue weighted by Gasteiger charge is -2.38. The van der Waals surface area contributed by atoms with Crippen LogP contribution in [0.4, 0.5) is 0 Å². The number of rotatable bonds is 6. The second-order valence-electron chi connectivity index (χ2n) is 8.45. The van der Waals surface area contributed by atoms with E-state index in [9.17, 15) is 0 Å². The van der Waals surface area contributed by atoms with Gasteiger partial charge in [0.15, 0.2) is 5.11 Å². The van der Waals surface area contributed by atoms with Gasteiger partial charge in [-0.3, -0.25) is 0 Å². The topological polar surface area (TPSA) is 54.2 Å². The van der Waals surface area contributed by atoms with Gasteiger partial charge in [0.2, 0.25) is 5.82 Å². The quantitative estimate of drug-likeness (QED) is 0.350. The standard InChI is InChI=1S/C25H28N4OS2/c1-15(2)14-29-17(4)21(22(26-25(29)31)18-10-12-20(32-5)13-11-18)24-27-23(28-30-24)19-8-6-16(3)7-9-19/h6-13,15,22H,14H2,1-5H3,(H,26,31). The minimum absolute atomic E-state index is 0.159. The molecule has 1 aromatic heterocycles. The van der Waals surface area contributed by atoms with Crippen molar-refractivity contribution in [3.8, 4) is 11.4 Å². The van der Waals surface area contributed by atoms with Gasteiger partial charge in [0.25, 0.3) is 5.89 Å². The first kappa shape index (κ1) is 22.6. The zero-order chi connectivity index (χ0) is 22.8. The number of allylic oxidation sites excluding steroid dienone is 1. The molecule has 32 heavy (non-hydrogen) atoms. The van der Waals surface area contributed by atoms with Gasteiger partial charge in [0, 0.05) is 22.7 Å². The number of nitrogens with one attached hydrogen (secondary N) is 1. The molecule has 166 valence electrons. The molecule has 3 aromatic rings. The first-order chi connectivity index (χ1) is 15.4. The predicted octanol–water partition coefficient (Wildman–Crippen LogP) is 6.09. The first-order valence-corrected chi connectivity index (χ1v) is 12.3. The number of benzene rings is 2. The summed E-state index contributed by atoms with van der Waals surface area (Å²) in [5.74, 6) is 1.55. The Labute approximate surface area is 199 Å². The lowest BCUT2D eigenvalue weighted by molar-refractivity contribution is 0.386. The van der Waals surface area contributed by atoms with E-state index < -0.39 is 0 Å². The van der Waals surface area contributed by atoms with Gasteiger partial charge in [-0.1, -0.05) is 61.0 Å². The van der Waals surface area contributed by atoms with Gasteiger partial charge in [-0.15, -0.1) is 11.8 Å². The lowest BCUT2D eigenvalue weighted by Crippen LogP contribution is -2.47. The number of aromatic nitrogens is 2. The molecule has 2 heterocycles. The highest BCUT2D eigenvalue weighted by Crippen LogP contribution is 2.38. The first-order valence-electron chi connectivity index (χ1n) is 10.7. The summed E-state index contributed by atoms with van der Waals surface area (Å²) in [5, 5.41) is 8.53. The second-order valence-corrected chi connectivity index (χ2v) is 9.71. The van der Waals surface area contributed by atoms with Crippen LogP contribution in [0.2, 0.25) is 0 Å². The molecule has 1 unspecified atom stereocenters. The average molecular weight is 465 g/mol. The summed E-state index contributed by atoms with van der Waals surface area (Å²) in [6.07, 6.45) is 2.08. The Morgan fingerprint density at radius 3 is 2.41 bits per heavy atom. The van der Waals surface area contributed by atoms with Gasteiger partial charge >= 0.3 is 0 Å². The van der Waals surface area contributed by atoms with Crippen LogP contribution in [0.25, 0.3) is 17.0 Å². The minimum Gasteiger partial charge on any atom is -0.351 e. The smallest absolute Gasteiger partial charge is 0.258 e. The van der Waals surface area contributed by atoms with Gasteiger partial charge < -0.3 is 14.7 Å². The molecule has 7 heteroatoms. The van der Waals surface area contributed by atoms with Crippen LogP contribution in [-0.2, 0) is 0 Å². The van der Waals surface area contributed by atoms with Gasteiger partial charge in [-0.25, -0.2) is 0 Å². The maximum absolute atomic E-state index is 5.81. The molecule has 0 spiro atoms. The van der Waals surface area contributed by atoms with E-state index in [1.54, 1.807) is 11.8 Å². The van der Waals surface area contributed by atoms with Crippen LogP contribution in [-0.4, -0.2) is 33.0 Å². The van der Waals surface area contributed by atoms with Crippen LogP contribution < -0.4 is 5.32 Å². The molecule has 1 N–H and O–H groups in total. The Bertz CT molecular complexity index is 1130. The van der Waals surface area contributed by atoms with E-state index in [0.717, 1.165) is 34.1 Å². The lowest BCUT2D eigenvalue weighted by atomic mass is 9.94. The molecule has 0 fully saturated rings. The van der Waals surface area contributed by atoms with E-state index in [1.165, 1.54) is 10.5 Å². The fraction of sp³-hybridized carbons (Fsp3) is 0.320. The fourth-order valence-corrected chi connectivity index (χ4v) is 4.58. The average Bonchev–Trinajstić information content (AvgIpc) is 3.26. The van der Waals surface area contributed by atoms with E-state index in [-0.39, 0.29) is 6.04 Å². The van der Waals surface area contributed by atoms with Crippen LogP contribution in [0.5, 0.6) is 0 Å². The highest BCUT2D eigenvalue weighted by Gasteiger charge is 2.34. The van der Waals surface area contributed by atoms with Crippen molar-refractivity contribution in [2.45, 2.75) is 38.6 Å². The van der Waals surface area contributed by atoms with Gasteiger partial charge in [-0.05, 0) is 55.9 Å². The van der Waals surface area contributed by atoms with E-state index in [0.29, 0.717) is 17.6 Å². The Morgan fingerprint density at radius 2 is 1.78 bits per heavy atom. The second kappa shape index (κ2) is 9.46. The molecule has 2 aromatic carbocycles. The maximum Gasteiger partial charge on any atom is 0.258 e. The Hall–Kier alpha value is -2.64. The van der Waals surface area contributed by atoms with E-state index >= 15 is 0 Å². The van der Waals surface area contributed by atoms with Crippen molar-refractivity contribution >= 4 is 34.7 Å². The van der Waals surface area contributed by atoms with Crippen LogP contribution in [0.15, 0.2) is 63.6 Å². The summed E-state index contributed by atoms with van der Waals surface area (Å²) in [4.78, 5) is 8.14. The highest BCUT2D eigenvalue weighted by molar-refractivity contribution is 7.98. The molecule has 0 saturated heterocycles. The summed E-state index contributed by atoms with van der Waals surface area (Å²) in [6.45, 7) is 9.34. The van der Waals surface area contributed by atoms with Crippen molar-refractivity contribution < 1.29 is 4.52 Å². The zero-order valence-corrected chi connectivity index (χ0v) is 20.7. The van der Waals surface area contributed by atoms with E-state index in [1.807, 2.05) is 12.1 Å². The molecule has 5 nitrogen and oxygen atoms in total. The molecule has 1 aliphatic heterocycles. The summed E-state index contributed by atoms with van der Waals surface area (Å²) in [6, 6.07) is 16.5. The summed E-state index contributed by atoms with van der Waals surface area (Å²) in [5.41, 5.74) is 5.24. The van der Waals surface area contributed by atoms with E-state index in [4.69, 9.17) is 21.7 Å². The van der Waals surface area contributed by atoms with Crippen molar-refractivity contribution in [3.63, 3.8) is 0 Å². The van der Waals surface area contributed by atoms with Crippen molar-refractivity contribution in [2.75, 3.05) is 12.8 Å². The van der Waals surface area contributed by atoms with Crippen molar-refractivity contribution in [1.29, 1.82) is 0 Å². The zero-order valence-electron chi connectivity index (χ0n) is 19.0. The number of hydrogen-bond donors (Lipinski definition) is 1. The highest BCUT2D eigenvalue weighted by atomic mass is 32.2. The summed E-state index contributed by atoms with van der Waals surface area (Å²) < 4.78 is 5.81. The monoisotopic (exact) mass is 464 g/mol. The van der Waals surface area contributed by atoms with Crippen molar-refractivity contribution in [1.82, 2.24) is 20.4 Å². The molecule has 4 rings (SSSR count). The maximum atomic E-state index is 5.81. The third-order valence-electron chi connectivity index (χ3n) is 5.56. The van der Waals surface area contributed by atoms with Gasteiger partial charge in [-0.2, -0.15) is 4.98 Å². The van der Waals surface area contributed by atoms with E-state index in [2.05, 4.69) is 85.7 Å².